The molecule has 178 valence electrons. The number of nitrogens with one attached hydrogen (secondary N) is 1. The lowest BCUT2D eigenvalue weighted by atomic mass is 9.80. The van der Waals surface area contributed by atoms with Gasteiger partial charge in [-0.05, 0) is 61.7 Å². The Morgan fingerprint density at radius 1 is 1.00 bits per heavy atom. The zero-order chi connectivity index (χ0) is 24.6. The molecule has 2 fully saturated rings. The molecule has 2 aromatic rings. The van der Waals surface area contributed by atoms with Crippen LogP contribution in [0.25, 0.3) is 0 Å². The molecule has 1 aliphatic carbocycles. The summed E-state index contributed by atoms with van der Waals surface area (Å²) in [6, 6.07) is 11.0. The molecule has 1 N–H and O–H groups in total. The van der Waals surface area contributed by atoms with E-state index in [4.69, 9.17) is 39.5 Å². The zero-order valence-electron chi connectivity index (χ0n) is 18.1. The van der Waals surface area contributed by atoms with E-state index in [-0.39, 0.29) is 28.1 Å². The van der Waals surface area contributed by atoms with Gasteiger partial charge in [0.2, 0.25) is 11.8 Å². The summed E-state index contributed by atoms with van der Waals surface area (Å²) in [5, 5.41) is 2.42. The molecule has 2 aromatic carbocycles. The Bertz CT molecular complexity index is 1130. The van der Waals surface area contributed by atoms with Crippen LogP contribution in [0.1, 0.15) is 28.8 Å². The van der Waals surface area contributed by atoms with Crippen LogP contribution in [0.3, 0.4) is 0 Å². The van der Waals surface area contributed by atoms with Crippen LogP contribution in [0.5, 0.6) is 0 Å². The second-order valence-corrected chi connectivity index (χ2v) is 9.84. The molecule has 0 radical (unpaired) electrons. The summed E-state index contributed by atoms with van der Waals surface area (Å²) >= 11 is 18.5. The first-order chi connectivity index (χ1) is 16.2. The van der Waals surface area contributed by atoms with Crippen molar-refractivity contribution in [1.29, 1.82) is 0 Å². The molecule has 34 heavy (non-hydrogen) atoms. The highest BCUT2D eigenvalue weighted by molar-refractivity contribution is 6.32. The van der Waals surface area contributed by atoms with E-state index in [0.29, 0.717) is 34.8 Å². The van der Waals surface area contributed by atoms with E-state index in [1.807, 2.05) is 0 Å². The summed E-state index contributed by atoms with van der Waals surface area (Å²) in [6.45, 7) is 1.27. The maximum atomic E-state index is 12.9. The van der Waals surface area contributed by atoms with Gasteiger partial charge in [-0.25, -0.2) is 4.79 Å². The van der Waals surface area contributed by atoms with Gasteiger partial charge in [-0.2, -0.15) is 0 Å². The van der Waals surface area contributed by atoms with Gasteiger partial charge in [-0.3, -0.25) is 19.3 Å². The molecule has 7 nitrogen and oxygen atoms in total. The van der Waals surface area contributed by atoms with Crippen molar-refractivity contribution in [3.05, 3.63) is 58.6 Å². The number of hydrogen-bond acceptors (Lipinski definition) is 5. The summed E-state index contributed by atoms with van der Waals surface area (Å²) in [4.78, 5) is 51.3. The van der Waals surface area contributed by atoms with Crippen molar-refractivity contribution in [3.8, 4) is 0 Å². The van der Waals surface area contributed by atoms with Crippen molar-refractivity contribution in [1.82, 2.24) is 0 Å². The van der Waals surface area contributed by atoms with Crippen LogP contribution in [0.4, 0.5) is 11.4 Å². The molecule has 3 amide bonds. The van der Waals surface area contributed by atoms with Gasteiger partial charge in [-0.15, -0.1) is 23.2 Å². The van der Waals surface area contributed by atoms with E-state index in [0.717, 1.165) is 4.90 Å². The largest absolute Gasteiger partial charge is 0.452 e. The van der Waals surface area contributed by atoms with Crippen molar-refractivity contribution >= 4 is 69.9 Å². The standard InChI is InChI=1S/C24H21Cl3N2O5/c1-12-17(25)3-2-4-20(12)28-21(30)11-34-24(33)13-5-7-14(8-6-13)29-22(31)15-9-18(26)19(27)10-16(15)23(29)32/h2-8,15-16,18-19H,9-11H2,1H3,(H,28,30)/t15-,16-,18+,19+/m1/s1. The first kappa shape index (κ1) is 24.5. The number of halogens is 3. The van der Waals surface area contributed by atoms with Gasteiger partial charge in [0.25, 0.3) is 5.91 Å². The Morgan fingerprint density at radius 3 is 2.18 bits per heavy atom. The van der Waals surface area contributed by atoms with E-state index in [1.165, 1.54) is 24.3 Å². The second kappa shape index (κ2) is 9.94. The highest BCUT2D eigenvalue weighted by Crippen LogP contribution is 2.43. The number of carbonyl (C=O) groups excluding carboxylic acids is 4. The SMILES string of the molecule is Cc1c(Cl)cccc1NC(=O)COC(=O)c1ccc(N2C(=O)[C@@H]3C[C@H](Cl)[C@@H](Cl)C[C@H]3C2=O)cc1. The van der Waals surface area contributed by atoms with Gasteiger partial charge in [0.05, 0.1) is 33.8 Å². The number of esters is 1. The summed E-state index contributed by atoms with van der Waals surface area (Å²) in [6.07, 6.45) is 0.700. The van der Waals surface area contributed by atoms with Gasteiger partial charge in [0.1, 0.15) is 0 Å². The number of rotatable bonds is 5. The van der Waals surface area contributed by atoms with Gasteiger partial charge >= 0.3 is 5.97 Å². The topological polar surface area (TPSA) is 92.8 Å². The van der Waals surface area contributed by atoms with Crippen molar-refractivity contribution in [3.63, 3.8) is 0 Å². The number of nitrogens with zero attached hydrogens (tertiary/aromatic N) is 1. The fourth-order valence-electron chi connectivity index (χ4n) is 4.24. The van der Waals surface area contributed by atoms with Gasteiger partial charge in [-0.1, -0.05) is 17.7 Å². The third-order valence-corrected chi connectivity index (χ3v) is 7.65. The molecule has 0 spiro atoms. The Hall–Kier alpha value is -2.61. The average molecular weight is 524 g/mol. The lowest BCUT2D eigenvalue weighted by Gasteiger charge is -2.28. The lowest BCUT2D eigenvalue weighted by molar-refractivity contribution is -0.122. The van der Waals surface area contributed by atoms with E-state index >= 15 is 0 Å². The molecular weight excluding hydrogens is 503 g/mol. The number of amides is 3. The minimum absolute atomic E-state index is 0.175. The summed E-state index contributed by atoms with van der Waals surface area (Å²) in [5.41, 5.74) is 1.76. The third kappa shape index (κ3) is 4.78. The average Bonchev–Trinajstić information content (AvgIpc) is 3.05. The maximum absolute atomic E-state index is 12.9. The van der Waals surface area contributed by atoms with Crippen LogP contribution in [-0.4, -0.2) is 41.1 Å². The van der Waals surface area contributed by atoms with Crippen molar-refractivity contribution in [2.75, 3.05) is 16.8 Å². The molecule has 10 heteroatoms. The van der Waals surface area contributed by atoms with Crippen LogP contribution < -0.4 is 10.2 Å². The number of fused-ring (bicyclic) bond motifs is 1. The van der Waals surface area contributed by atoms with E-state index in [2.05, 4.69) is 5.32 Å². The first-order valence-electron chi connectivity index (χ1n) is 10.7. The fourth-order valence-corrected chi connectivity index (χ4v) is 5.00. The zero-order valence-corrected chi connectivity index (χ0v) is 20.4. The molecular formula is C24H21Cl3N2O5. The molecule has 0 unspecified atom stereocenters. The summed E-state index contributed by atoms with van der Waals surface area (Å²) in [7, 11) is 0. The van der Waals surface area contributed by atoms with Gasteiger partial charge < -0.3 is 10.1 Å². The monoisotopic (exact) mass is 522 g/mol. The predicted octanol–water partition coefficient (Wildman–Crippen LogP) is 4.56. The van der Waals surface area contributed by atoms with Crippen LogP contribution >= 0.6 is 34.8 Å². The van der Waals surface area contributed by atoms with E-state index in [9.17, 15) is 19.2 Å². The quantitative estimate of drug-likeness (QED) is 0.352. The van der Waals surface area contributed by atoms with Crippen molar-refractivity contribution in [2.24, 2.45) is 11.8 Å². The molecule has 2 aliphatic rings. The normalized spacial score (nSPS) is 24.1. The Morgan fingerprint density at radius 2 is 1.59 bits per heavy atom. The number of imide groups is 1. The van der Waals surface area contributed by atoms with Crippen molar-refractivity contribution in [2.45, 2.75) is 30.5 Å². The molecule has 0 aromatic heterocycles. The smallest absolute Gasteiger partial charge is 0.338 e. The Labute approximate surface area is 211 Å². The molecule has 1 saturated carbocycles. The maximum Gasteiger partial charge on any atom is 0.338 e. The minimum Gasteiger partial charge on any atom is -0.452 e. The number of anilines is 2. The Kier molecular flexibility index (Phi) is 7.17. The molecule has 1 heterocycles. The van der Waals surface area contributed by atoms with Crippen molar-refractivity contribution < 1.29 is 23.9 Å². The second-order valence-electron chi connectivity index (χ2n) is 8.31. The number of hydrogen-bond donors (Lipinski definition) is 1. The number of benzene rings is 2. The number of alkyl halides is 2. The third-order valence-electron chi connectivity index (χ3n) is 6.15. The fraction of sp³-hybridized carbons (Fsp3) is 0.333. The highest BCUT2D eigenvalue weighted by atomic mass is 35.5. The molecule has 4 rings (SSSR count). The first-order valence-corrected chi connectivity index (χ1v) is 11.9. The van der Waals surface area contributed by atoms with Gasteiger partial charge in [0, 0.05) is 10.7 Å². The van der Waals surface area contributed by atoms with Crippen LogP contribution in [0.15, 0.2) is 42.5 Å². The highest BCUT2D eigenvalue weighted by Gasteiger charge is 2.52. The van der Waals surface area contributed by atoms with E-state index in [1.54, 1.807) is 25.1 Å². The number of carbonyl (C=O) groups is 4. The van der Waals surface area contributed by atoms with Crippen LogP contribution in [-0.2, 0) is 19.1 Å². The van der Waals surface area contributed by atoms with Crippen LogP contribution in [0.2, 0.25) is 5.02 Å². The molecule has 1 saturated heterocycles. The summed E-state index contributed by atoms with van der Waals surface area (Å²) < 4.78 is 5.08. The molecule has 0 bridgehead atoms. The minimum atomic E-state index is -0.716. The van der Waals surface area contributed by atoms with Crippen LogP contribution in [0, 0.1) is 18.8 Å². The molecule has 1 aliphatic heterocycles. The van der Waals surface area contributed by atoms with E-state index < -0.39 is 30.3 Å². The predicted molar refractivity (Wildman–Crippen MR) is 130 cm³/mol. The Balaban J connectivity index is 1.37. The number of ether oxygens (including phenoxy) is 1. The molecule has 4 atom stereocenters. The van der Waals surface area contributed by atoms with Gasteiger partial charge in [0.15, 0.2) is 6.61 Å². The lowest BCUT2D eigenvalue weighted by Crippen LogP contribution is -2.34. The summed E-state index contributed by atoms with van der Waals surface area (Å²) in [5.74, 6) is -2.83.